The van der Waals surface area contributed by atoms with Gasteiger partial charge in [0.05, 0.1) is 0 Å². The van der Waals surface area contributed by atoms with Crippen molar-refractivity contribution in [1.82, 2.24) is 5.32 Å². The third kappa shape index (κ3) is 3.99. The van der Waals surface area contributed by atoms with Crippen molar-refractivity contribution in [2.75, 3.05) is 20.2 Å². The fourth-order valence-electron chi connectivity index (χ4n) is 3.89. The summed E-state index contributed by atoms with van der Waals surface area (Å²) in [5.41, 5.74) is 0. The van der Waals surface area contributed by atoms with E-state index in [0.717, 1.165) is 17.8 Å². The first-order valence-corrected chi connectivity index (χ1v) is 7.55. The molecule has 0 radical (unpaired) electrons. The van der Waals surface area contributed by atoms with Crippen LogP contribution in [0.2, 0.25) is 12.6 Å². The monoisotopic (exact) mass is 237 g/mol. The van der Waals surface area contributed by atoms with E-state index in [1.54, 1.807) is 0 Å². The molecule has 0 amide bonds. The number of fused-ring (bicyclic) bond motifs is 2. The lowest BCUT2D eigenvalue weighted by molar-refractivity contribution is 0.189. The summed E-state index contributed by atoms with van der Waals surface area (Å²) in [5, 5.41) is 3.64. The maximum absolute atomic E-state index is 5.56. The van der Waals surface area contributed by atoms with Crippen molar-refractivity contribution in [1.29, 1.82) is 0 Å². The number of unbranched alkanes of at least 4 members (excludes halogenated alkanes) is 1. The Labute approximate surface area is 107 Å². The van der Waals surface area contributed by atoms with Crippen LogP contribution in [0.5, 0.6) is 0 Å². The zero-order valence-electron chi connectivity index (χ0n) is 11.6. The second-order valence-electron chi connectivity index (χ2n) is 6.19. The predicted octanol–water partition coefficient (Wildman–Crippen LogP) is 3.06. The van der Waals surface area contributed by atoms with Crippen molar-refractivity contribution in [2.24, 2.45) is 17.8 Å². The van der Waals surface area contributed by atoms with Crippen molar-refractivity contribution in [2.45, 2.75) is 51.7 Å². The van der Waals surface area contributed by atoms with E-state index in [-0.39, 0.29) is 0 Å². The molecular weight excluding hydrogens is 209 g/mol. The quantitative estimate of drug-likeness (QED) is 0.566. The Morgan fingerprint density at radius 1 is 1.18 bits per heavy atom. The highest BCUT2D eigenvalue weighted by atomic mass is 16.4. The normalized spacial score (nSPS) is 32.8. The van der Waals surface area contributed by atoms with Gasteiger partial charge in [0, 0.05) is 7.11 Å². The Morgan fingerprint density at radius 3 is 2.47 bits per heavy atom. The second kappa shape index (κ2) is 6.79. The van der Waals surface area contributed by atoms with E-state index in [1.165, 1.54) is 57.8 Å². The standard InChI is InChI=1S/C14H28BNO/c1-3-4-5-16-11-14-7-12-6-13(8-14)10-15(9-12)17-2/h12-14,16H,3-11H2,1-2H3. The molecule has 0 spiro atoms. The molecule has 2 aliphatic rings. The van der Waals surface area contributed by atoms with Crippen molar-refractivity contribution in [3.63, 3.8) is 0 Å². The second-order valence-corrected chi connectivity index (χ2v) is 6.19. The number of hydrogen-bond donors (Lipinski definition) is 1. The molecule has 1 N–H and O–H groups in total. The minimum atomic E-state index is 0.563. The van der Waals surface area contributed by atoms with E-state index >= 15 is 0 Å². The van der Waals surface area contributed by atoms with Gasteiger partial charge in [-0.15, -0.1) is 0 Å². The first kappa shape index (κ1) is 13.4. The molecule has 2 rings (SSSR count). The fourth-order valence-corrected chi connectivity index (χ4v) is 3.89. The van der Waals surface area contributed by atoms with Gasteiger partial charge >= 0.3 is 0 Å². The summed E-state index contributed by atoms with van der Waals surface area (Å²) in [6.45, 7) is 5.29. The summed E-state index contributed by atoms with van der Waals surface area (Å²) in [6, 6.07) is 0. The molecule has 1 heterocycles. The lowest BCUT2D eigenvalue weighted by Crippen LogP contribution is -2.38. The van der Waals surface area contributed by atoms with Gasteiger partial charge in [-0.3, -0.25) is 0 Å². The van der Waals surface area contributed by atoms with E-state index < -0.39 is 0 Å². The van der Waals surface area contributed by atoms with Crippen LogP contribution in [0.15, 0.2) is 0 Å². The highest BCUT2D eigenvalue weighted by Gasteiger charge is 2.37. The van der Waals surface area contributed by atoms with Gasteiger partial charge in [0.15, 0.2) is 0 Å². The average molecular weight is 237 g/mol. The number of nitrogens with one attached hydrogen (secondary N) is 1. The van der Waals surface area contributed by atoms with Gasteiger partial charge in [0.2, 0.25) is 0 Å². The van der Waals surface area contributed by atoms with Crippen LogP contribution < -0.4 is 5.32 Å². The highest BCUT2D eigenvalue weighted by Crippen LogP contribution is 2.43. The SMILES string of the molecule is CCCCNCC1CC2CB(OC)CC(C1)C2. The van der Waals surface area contributed by atoms with E-state index in [0.29, 0.717) is 6.92 Å². The van der Waals surface area contributed by atoms with Crippen LogP contribution in [0.1, 0.15) is 39.0 Å². The van der Waals surface area contributed by atoms with Crippen LogP contribution in [-0.2, 0) is 4.65 Å². The predicted molar refractivity (Wildman–Crippen MR) is 74.5 cm³/mol. The van der Waals surface area contributed by atoms with Crippen LogP contribution in [0.3, 0.4) is 0 Å². The van der Waals surface area contributed by atoms with Gasteiger partial charge in [-0.2, -0.15) is 0 Å². The average Bonchev–Trinajstić information content (AvgIpc) is 2.33. The van der Waals surface area contributed by atoms with Gasteiger partial charge in [-0.05, 0) is 69.2 Å². The van der Waals surface area contributed by atoms with Crippen LogP contribution in [0, 0.1) is 17.8 Å². The summed E-state index contributed by atoms with van der Waals surface area (Å²) in [5.74, 6) is 2.84. The van der Waals surface area contributed by atoms with E-state index in [9.17, 15) is 0 Å². The first-order valence-electron chi connectivity index (χ1n) is 7.55. The third-order valence-corrected chi connectivity index (χ3v) is 4.67. The van der Waals surface area contributed by atoms with E-state index in [4.69, 9.17) is 4.65 Å². The van der Waals surface area contributed by atoms with Gasteiger partial charge < -0.3 is 9.97 Å². The zero-order chi connectivity index (χ0) is 12.1. The molecule has 1 saturated carbocycles. The Balaban J connectivity index is 1.70. The Hall–Kier alpha value is -0.0151. The molecule has 3 heteroatoms. The summed E-state index contributed by atoms with van der Waals surface area (Å²) in [6.07, 6.45) is 9.62. The molecule has 2 atom stereocenters. The lowest BCUT2D eigenvalue weighted by Gasteiger charge is -2.41. The molecule has 0 aromatic carbocycles. The molecule has 2 fully saturated rings. The molecule has 17 heavy (non-hydrogen) atoms. The Morgan fingerprint density at radius 2 is 1.88 bits per heavy atom. The topological polar surface area (TPSA) is 21.3 Å². The molecule has 2 nitrogen and oxygen atoms in total. The Kier molecular flexibility index (Phi) is 5.36. The van der Waals surface area contributed by atoms with Crippen LogP contribution in [-0.4, -0.2) is 27.1 Å². The largest absolute Gasteiger partial charge is 0.438 e. The zero-order valence-corrected chi connectivity index (χ0v) is 11.6. The number of rotatable bonds is 6. The van der Waals surface area contributed by atoms with Crippen LogP contribution >= 0.6 is 0 Å². The molecular formula is C14H28BNO. The smallest absolute Gasteiger partial charge is 0.293 e. The van der Waals surface area contributed by atoms with E-state index in [1.807, 2.05) is 7.11 Å². The molecule has 98 valence electrons. The maximum atomic E-state index is 5.56. The maximum Gasteiger partial charge on any atom is 0.293 e. The minimum absolute atomic E-state index is 0.563. The molecule has 0 aromatic rings. The molecule has 2 unspecified atom stereocenters. The first-order chi connectivity index (χ1) is 8.31. The van der Waals surface area contributed by atoms with Gasteiger partial charge in [-0.25, -0.2) is 0 Å². The fraction of sp³-hybridized carbons (Fsp3) is 1.00. The summed E-state index contributed by atoms with van der Waals surface area (Å²) < 4.78 is 5.56. The van der Waals surface area contributed by atoms with Crippen molar-refractivity contribution in [3.8, 4) is 0 Å². The molecule has 1 aliphatic heterocycles. The summed E-state index contributed by atoms with van der Waals surface area (Å²) in [4.78, 5) is 0. The number of hydrogen-bond acceptors (Lipinski definition) is 2. The summed E-state index contributed by atoms with van der Waals surface area (Å²) >= 11 is 0. The summed E-state index contributed by atoms with van der Waals surface area (Å²) in [7, 11) is 1.88. The van der Waals surface area contributed by atoms with Crippen LogP contribution in [0.4, 0.5) is 0 Å². The van der Waals surface area contributed by atoms with Gasteiger partial charge in [0.25, 0.3) is 6.92 Å². The van der Waals surface area contributed by atoms with Gasteiger partial charge in [-0.1, -0.05) is 13.3 Å². The molecule has 0 aromatic heterocycles. The lowest BCUT2D eigenvalue weighted by atomic mass is 9.46. The van der Waals surface area contributed by atoms with Crippen molar-refractivity contribution >= 4 is 6.92 Å². The van der Waals surface area contributed by atoms with Crippen molar-refractivity contribution in [3.05, 3.63) is 0 Å². The third-order valence-electron chi connectivity index (χ3n) is 4.67. The molecule has 2 bridgehead atoms. The van der Waals surface area contributed by atoms with Crippen LogP contribution in [0.25, 0.3) is 0 Å². The molecule has 1 saturated heterocycles. The van der Waals surface area contributed by atoms with Gasteiger partial charge in [0.1, 0.15) is 0 Å². The minimum Gasteiger partial charge on any atom is -0.438 e. The highest BCUT2D eigenvalue weighted by molar-refractivity contribution is 6.52. The molecule has 1 aliphatic carbocycles. The van der Waals surface area contributed by atoms with Crippen molar-refractivity contribution < 1.29 is 4.65 Å². The Bertz CT molecular complexity index is 210. The van der Waals surface area contributed by atoms with E-state index in [2.05, 4.69) is 12.2 Å².